The second-order valence-corrected chi connectivity index (χ2v) is 7.66. The molecule has 1 aromatic carbocycles. The van der Waals surface area contributed by atoms with Crippen LogP contribution in [0.3, 0.4) is 0 Å². The Morgan fingerprint density at radius 3 is 2.76 bits per heavy atom. The van der Waals surface area contributed by atoms with Gasteiger partial charge in [-0.3, -0.25) is 4.79 Å². The zero-order chi connectivity index (χ0) is 17.6. The first-order valence-corrected chi connectivity index (χ1v) is 9.25. The van der Waals surface area contributed by atoms with Crippen molar-refractivity contribution in [3.05, 3.63) is 40.5 Å². The number of rotatable bonds is 3. The molecule has 5 nitrogen and oxygen atoms in total. The number of carbonyl (C=O) groups excluding carboxylic acids is 1. The minimum Gasteiger partial charge on any atom is -0.340 e. The van der Waals surface area contributed by atoms with Gasteiger partial charge in [0.1, 0.15) is 17.0 Å². The quantitative estimate of drug-likeness (QED) is 0.755. The number of hydrogen-bond donors (Lipinski definition) is 1. The van der Waals surface area contributed by atoms with E-state index in [4.69, 9.17) is 0 Å². The summed E-state index contributed by atoms with van der Waals surface area (Å²) in [6, 6.07) is 6.10. The van der Waals surface area contributed by atoms with Gasteiger partial charge >= 0.3 is 0 Å². The predicted octanol–water partition coefficient (Wildman–Crippen LogP) is 4.49. The van der Waals surface area contributed by atoms with Crippen LogP contribution in [0.4, 0.5) is 17.2 Å². The average molecular weight is 352 g/mol. The van der Waals surface area contributed by atoms with Crippen LogP contribution in [0.15, 0.2) is 24.5 Å². The minimum absolute atomic E-state index is 0.214. The molecule has 0 spiro atoms. The molecule has 128 valence electrons. The number of hydrogen-bond acceptors (Lipinski definition) is 5. The highest BCUT2D eigenvalue weighted by molar-refractivity contribution is 7.18. The van der Waals surface area contributed by atoms with Crippen LogP contribution in [0.25, 0.3) is 10.2 Å². The number of fused-ring (bicyclic) bond motifs is 1. The predicted molar refractivity (Wildman–Crippen MR) is 103 cm³/mol. The van der Waals surface area contributed by atoms with Crippen LogP contribution in [0.1, 0.15) is 28.8 Å². The van der Waals surface area contributed by atoms with Gasteiger partial charge < -0.3 is 10.2 Å². The second kappa shape index (κ2) is 6.11. The van der Waals surface area contributed by atoms with Crippen LogP contribution in [0.2, 0.25) is 0 Å². The third kappa shape index (κ3) is 2.76. The van der Waals surface area contributed by atoms with E-state index in [1.165, 1.54) is 10.4 Å². The van der Waals surface area contributed by atoms with Gasteiger partial charge in [-0.15, -0.1) is 11.3 Å². The largest absolute Gasteiger partial charge is 0.340 e. The molecule has 1 amide bonds. The van der Waals surface area contributed by atoms with Gasteiger partial charge in [0.2, 0.25) is 5.91 Å². The zero-order valence-corrected chi connectivity index (χ0v) is 15.4. The van der Waals surface area contributed by atoms with Crippen LogP contribution in [-0.4, -0.2) is 22.4 Å². The van der Waals surface area contributed by atoms with Crippen LogP contribution >= 0.6 is 11.3 Å². The molecule has 0 saturated carbocycles. The lowest BCUT2D eigenvalue weighted by atomic mass is 10.1. The summed E-state index contributed by atoms with van der Waals surface area (Å²) in [5.41, 5.74) is 4.28. The first-order chi connectivity index (χ1) is 12.0. The Morgan fingerprint density at radius 1 is 1.20 bits per heavy atom. The molecule has 4 rings (SSSR count). The van der Waals surface area contributed by atoms with Crippen molar-refractivity contribution < 1.29 is 4.79 Å². The molecule has 1 saturated heterocycles. The van der Waals surface area contributed by atoms with E-state index in [1.54, 1.807) is 17.7 Å². The van der Waals surface area contributed by atoms with Gasteiger partial charge in [-0.2, -0.15) is 0 Å². The molecule has 6 heteroatoms. The molecule has 0 bridgehead atoms. The van der Waals surface area contributed by atoms with Gasteiger partial charge in [0.05, 0.1) is 5.39 Å². The summed E-state index contributed by atoms with van der Waals surface area (Å²) in [5, 5.41) is 4.51. The highest BCUT2D eigenvalue weighted by Gasteiger charge is 2.23. The summed E-state index contributed by atoms with van der Waals surface area (Å²) in [6.45, 7) is 7.07. The zero-order valence-electron chi connectivity index (χ0n) is 14.6. The van der Waals surface area contributed by atoms with Crippen molar-refractivity contribution in [2.45, 2.75) is 33.6 Å². The molecule has 0 radical (unpaired) electrons. The molecule has 2 aromatic heterocycles. The number of aryl methyl sites for hydroxylation is 3. The van der Waals surface area contributed by atoms with Crippen molar-refractivity contribution >= 4 is 44.7 Å². The number of benzene rings is 1. The molecule has 3 aromatic rings. The van der Waals surface area contributed by atoms with Crippen molar-refractivity contribution in [1.82, 2.24) is 9.97 Å². The summed E-state index contributed by atoms with van der Waals surface area (Å²) in [5.74, 6) is 1.04. The first-order valence-electron chi connectivity index (χ1n) is 8.43. The van der Waals surface area contributed by atoms with Crippen molar-refractivity contribution in [3.63, 3.8) is 0 Å². The van der Waals surface area contributed by atoms with E-state index in [0.29, 0.717) is 6.42 Å². The fourth-order valence-electron chi connectivity index (χ4n) is 3.35. The van der Waals surface area contributed by atoms with Gasteiger partial charge in [0, 0.05) is 29.2 Å². The van der Waals surface area contributed by atoms with Crippen LogP contribution < -0.4 is 10.2 Å². The molecule has 25 heavy (non-hydrogen) atoms. The van der Waals surface area contributed by atoms with Crippen molar-refractivity contribution in [2.75, 3.05) is 16.8 Å². The Labute approximate surface area is 150 Å². The molecule has 1 N–H and O–H groups in total. The van der Waals surface area contributed by atoms with E-state index >= 15 is 0 Å². The van der Waals surface area contributed by atoms with Crippen molar-refractivity contribution in [2.24, 2.45) is 0 Å². The number of nitrogens with zero attached hydrogens (tertiary/aromatic N) is 3. The van der Waals surface area contributed by atoms with Crippen molar-refractivity contribution in [1.29, 1.82) is 0 Å². The number of anilines is 3. The Morgan fingerprint density at radius 2 is 2.04 bits per heavy atom. The standard InChI is InChI=1S/C19H20N4OS/c1-11-9-14(6-7-15(11)23-8-4-5-16(23)24)22-18-17-12(2)13(3)25-19(17)21-10-20-18/h6-7,9-10H,4-5,8H2,1-3H3,(H,20,21,22). The van der Waals surface area contributed by atoms with E-state index in [9.17, 15) is 4.79 Å². The summed E-state index contributed by atoms with van der Waals surface area (Å²) in [7, 11) is 0. The maximum atomic E-state index is 12.0. The Kier molecular flexibility index (Phi) is 3.92. The number of aromatic nitrogens is 2. The van der Waals surface area contributed by atoms with Crippen LogP contribution in [-0.2, 0) is 4.79 Å². The second-order valence-electron chi connectivity index (χ2n) is 6.46. The molecular formula is C19H20N4OS. The van der Waals surface area contributed by atoms with Crippen LogP contribution in [0, 0.1) is 20.8 Å². The molecule has 1 aliphatic rings. The lowest BCUT2D eigenvalue weighted by Gasteiger charge is -2.19. The molecule has 0 unspecified atom stereocenters. The summed E-state index contributed by atoms with van der Waals surface area (Å²) in [4.78, 5) is 25.0. The van der Waals surface area contributed by atoms with Crippen LogP contribution in [0.5, 0.6) is 0 Å². The van der Waals surface area contributed by atoms with Gasteiger partial charge in [-0.05, 0) is 56.5 Å². The minimum atomic E-state index is 0.214. The molecular weight excluding hydrogens is 332 g/mol. The Balaban J connectivity index is 1.68. The highest BCUT2D eigenvalue weighted by atomic mass is 32.1. The summed E-state index contributed by atoms with van der Waals surface area (Å²) in [6.07, 6.45) is 3.19. The number of nitrogens with one attached hydrogen (secondary N) is 1. The van der Waals surface area contributed by atoms with E-state index in [-0.39, 0.29) is 5.91 Å². The van der Waals surface area contributed by atoms with E-state index in [0.717, 1.165) is 45.9 Å². The molecule has 1 fully saturated rings. The lowest BCUT2D eigenvalue weighted by Crippen LogP contribution is -2.24. The molecule has 0 aliphatic carbocycles. The maximum absolute atomic E-state index is 12.0. The van der Waals surface area contributed by atoms with Gasteiger partial charge in [0.15, 0.2) is 0 Å². The maximum Gasteiger partial charge on any atom is 0.227 e. The summed E-state index contributed by atoms with van der Waals surface area (Å²) < 4.78 is 0. The van der Waals surface area contributed by atoms with Gasteiger partial charge in [0.25, 0.3) is 0 Å². The third-order valence-electron chi connectivity index (χ3n) is 4.79. The summed E-state index contributed by atoms with van der Waals surface area (Å²) >= 11 is 1.69. The molecule has 1 aliphatic heterocycles. The Hall–Kier alpha value is -2.47. The topological polar surface area (TPSA) is 58.1 Å². The smallest absolute Gasteiger partial charge is 0.227 e. The fourth-order valence-corrected chi connectivity index (χ4v) is 4.35. The number of thiophene rings is 1. The van der Waals surface area contributed by atoms with Crippen molar-refractivity contribution in [3.8, 4) is 0 Å². The fraction of sp³-hybridized carbons (Fsp3) is 0.316. The van der Waals surface area contributed by atoms with E-state index < -0.39 is 0 Å². The van der Waals surface area contributed by atoms with Gasteiger partial charge in [-0.1, -0.05) is 0 Å². The lowest BCUT2D eigenvalue weighted by molar-refractivity contribution is -0.117. The number of amides is 1. The number of carbonyl (C=O) groups is 1. The molecule has 0 atom stereocenters. The monoisotopic (exact) mass is 352 g/mol. The first kappa shape index (κ1) is 16.0. The van der Waals surface area contributed by atoms with E-state index in [2.05, 4.69) is 35.2 Å². The highest BCUT2D eigenvalue weighted by Crippen LogP contribution is 2.34. The normalized spacial score (nSPS) is 14.5. The van der Waals surface area contributed by atoms with Gasteiger partial charge in [-0.25, -0.2) is 9.97 Å². The average Bonchev–Trinajstić information content (AvgIpc) is 3.12. The third-order valence-corrected chi connectivity index (χ3v) is 5.90. The molecule has 3 heterocycles. The van der Waals surface area contributed by atoms with E-state index in [1.807, 2.05) is 24.0 Å². The SMILES string of the molecule is Cc1cc(Nc2ncnc3sc(C)c(C)c23)ccc1N1CCCC1=O. The Bertz CT molecular complexity index is 979.